The molecule has 4 aliphatic carbocycles. The van der Waals surface area contributed by atoms with Crippen molar-refractivity contribution in [2.24, 2.45) is 23.2 Å². The van der Waals surface area contributed by atoms with Crippen molar-refractivity contribution in [3.8, 4) is 0 Å². The average Bonchev–Trinajstić information content (AvgIpc) is 3.72. The van der Waals surface area contributed by atoms with Gasteiger partial charge in [-0.15, -0.1) is 13.2 Å². The molecule has 6 aliphatic rings. The number of allylic oxidation sites excluding steroid dienone is 1. The predicted molar refractivity (Wildman–Crippen MR) is 165 cm³/mol. The van der Waals surface area contributed by atoms with Gasteiger partial charge in [0.15, 0.2) is 11.5 Å². The summed E-state index contributed by atoms with van der Waals surface area (Å²) >= 11 is 0. The minimum absolute atomic E-state index is 0.144. The van der Waals surface area contributed by atoms with Gasteiger partial charge in [0.05, 0.1) is 31.8 Å². The fourth-order valence-corrected chi connectivity index (χ4v) is 9.93. The Balaban J connectivity index is 1.31. The summed E-state index contributed by atoms with van der Waals surface area (Å²) in [7, 11) is 0. The number of halogens is 3. The van der Waals surface area contributed by atoms with E-state index in [0.29, 0.717) is 17.9 Å². The van der Waals surface area contributed by atoms with Gasteiger partial charge in [0.25, 0.3) is 5.91 Å². The number of ether oxygens (including phenoxy) is 3. The van der Waals surface area contributed by atoms with Crippen LogP contribution < -0.4 is 5.32 Å². The van der Waals surface area contributed by atoms with Crippen molar-refractivity contribution < 1.29 is 46.6 Å². The average molecular weight is 658 g/mol. The number of esters is 1. The lowest BCUT2D eigenvalue weighted by Crippen LogP contribution is -2.71. The maximum Gasteiger partial charge on any atom is 0.573 e. The molecule has 7 atom stereocenters. The van der Waals surface area contributed by atoms with Crippen molar-refractivity contribution in [2.45, 2.75) is 96.1 Å². The topological polar surface area (TPSA) is 94.1 Å². The van der Waals surface area contributed by atoms with E-state index in [-0.39, 0.29) is 23.8 Å². The molecule has 1 amide bonds. The molecule has 1 spiro atoms. The lowest BCUT2D eigenvalue weighted by atomic mass is 9.49. The third-order valence-electron chi connectivity index (χ3n) is 11.4. The Labute approximate surface area is 273 Å². The maximum atomic E-state index is 13.6. The Morgan fingerprint density at radius 2 is 1.91 bits per heavy atom. The second-order valence-electron chi connectivity index (χ2n) is 15.0. The molecule has 1 aromatic carbocycles. The zero-order chi connectivity index (χ0) is 33.4. The predicted octanol–water partition coefficient (Wildman–Crippen LogP) is 5.74. The lowest BCUT2D eigenvalue weighted by molar-refractivity contribution is -0.967. The molecule has 11 heteroatoms. The number of alkyl halides is 3. The number of hydrogen-bond acceptors (Lipinski definition) is 6. The number of rotatable bonds is 9. The van der Waals surface area contributed by atoms with Gasteiger partial charge in [0.1, 0.15) is 11.9 Å². The summed E-state index contributed by atoms with van der Waals surface area (Å²) in [5.41, 5.74) is -0.748. The molecule has 1 aromatic rings. The highest BCUT2D eigenvalue weighted by molar-refractivity contribution is 5.96. The Hall–Kier alpha value is -3.15. The van der Waals surface area contributed by atoms with Gasteiger partial charge in [-0.3, -0.25) is 9.59 Å². The number of hydrogen-bond donors (Lipinski definition) is 2. The van der Waals surface area contributed by atoms with Crippen LogP contribution >= 0.6 is 0 Å². The summed E-state index contributed by atoms with van der Waals surface area (Å²) in [6, 6.07) is 8.29. The van der Waals surface area contributed by atoms with Crippen LogP contribution in [-0.2, 0) is 23.8 Å². The van der Waals surface area contributed by atoms with Gasteiger partial charge in [0, 0.05) is 54.6 Å². The van der Waals surface area contributed by atoms with E-state index < -0.39 is 41.2 Å². The molecule has 0 aromatic heterocycles. The van der Waals surface area contributed by atoms with Crippen LogP contribution in [0.5, 0.6) is 0 Å². The Morgan fingerprint density at radius 3 is 2.57 bits per heavy atom. The fraction of sp³-hybridized carbons (Fsp3) is 0.611. The highest BCUT2D eigenvalue weighted by atomic mass is 19.4. The monoisotopic (exact) mass is 657 g/mol. The largest absolute Gasteiger partial charge is 0.573 e. The standard InChI is InChI=1S/C36H43F3N2O6/c1-21(2)19-41(20-24-12-13-24)15-14-34-26-10-7-11-30(34)46-32-31(34)25(17-27(26)41)29(45-22(3)42)18-35(32,44)40-33(43)28(47-36(37,38)39)16-23-8-5-4-6-9-23/h4-6,8-9,16,18,21,24,26-27,30,32,44H,7,10-15,17,19-20H2,1-3H3/p+1/t26-,27+,30-,32?,34+,35?,41?/m0/s1. The number of carbonyl (C=O) groups excluding carboxylic acids is 2. The second kappa shape index (κ2) is 11.5. The summed E-state index contributed by atoms with van der Waals surface area (Å²) in [4.78, 5) is 26.1. The molecule has 7 rings (SSSR count). The SMILES string of the molecule is CC(=O)OC1=CC(O)(NC(=O)C(=Cc2ccccc2)OC(F)(F)F)C2O[C@H]3CCC[C@H]4[C@H]5CC1=C2[C@@]34CC[N+]5(CC(C)C)CC1CC1. The number of carbonyl (C=O) groups is 2. The second-order valence-corrected chi connectivity index (χ2v) is 15.0. The number of amides is 1. The van der Waals surface area contributed by atoms with Crippen molar-refractivity contribution in [3.63, 3.8) is 0 Å². The van der Waals surface area contributed by atoms with E-state index in [0.717, 1.165) is 72.9 Å². The van der Waals surface area contributed by atoms with Crippen molar-refractivity contribution in [1.82, 2.24) is 5.32 Å². The number of nitrogens with zero attached hydrogens (tertiary/aromatic N) is 1. The number of benzene rings is 1. The Kier molecular flexibility index (Phi) is 7.91. The van der Waals surface area contributed by atoms with Gasteiger partial charge in [-0.25, -0.2) is 0 Å². The van der Waals surface area contributed by atoms with Crippen LogP contribution in [0.3, 0.4) is 0 Å². The molecule has 2 aliphatic heterocycles. The minimum atomic E-state index is -5.16. The van der Waals surface area contributed by atoms with E-state index in [1.807, 2.05) is 0 Å². The van der Waals surface area contributed by atoms with Crippen LogP contribution in [0.15, 0.2) is 59.1 Å². The van der Waals surface area contributed by atoms with E-state index in [2.05, 4.69) is 23.9 Å². The first kappa shape index (κ1) is 32.4. The van der Waals surface area contributed by atoms with E-state index in [1.54, 1.807) is 18.2 Å². The molecular formula is C36H44F3N2O6+. The van der Waals surface area contributed by atoms with Crippen LogP contribution in [0.1, 0.15) is 71.3 Å². The number of aliphatic hydroxyl groups is 1. The summed E-state index contributed by atoms with van der Waals surface area (Å²) in [6.07, 6.45) is 2.52. The first-order chi connectivity index (χ1) is 22.2. The van der Waals surface area contributed by atoms with E-state index >= 15 is 0 Å². The summed E-state index contributed by atoms with van der Waals surface area (Å²) < 4.78 is 58.3. The molecule has 47 heavy (non-hydrogen) atoms. The van der Waals surface area contributed by atoms with Crippen LogP contribution in [0, 0.1) is 23.2 Å². The zero-order valence-electron chi connectivity index (χ0n) is 27.1. The Morgan fingerprint density at radius 1 is 1.17 bits per heavy atom. The van der Waals surface area contributed by atoms with Crippen molar-refractivity contribution >= 4 is 18.0 Å². The van der Waals surface area contributed by atoms with Crippen LogP contribution in [0.4, 0.5) is 13.2 Å². The smallest absolute Gasteiger partial charge is 0.427 e. The molecule has 2 N–H and O–H groups in total. The molecule has 8 nitrogen and oxygen atoms in total. The molecule has 2 heterocycles. The molecular weight excluding hydrogens is 613 g/mol. The molecule has 2 bridgehead atoms. The molecule has 2 saturated heterocycles. The van der Waals surface area contributed by atoms with Crippen LogP contribution in [-0.4, -0.2) is 71.4 Å². The summed E-state index contributed by atoms with van der Waals surface area (Å²) in [6.45, 7) is 9.00. The molecule has 3 unspecified atom stereocenters. The zero-order valence-corrected chi connectivity index (χ0v) is 27.1. The van der Waals surface area contributed by atoms with Crippen molar-refractivity contribution in [1.29, 1.82) is 0 Å². The van der Waals surface area contributed by atoms with Gasteiger partial charge in [-0.2, -0.15) is 0 Å². The van der Waals surface area contributed by atoms with Crippen molar-refractivity contribution in [2.75, 3.05) is 19.6 Å². The maximum absolute atomic E-state index is 13.6. The quantitative estimate of drug-likeness (QED) is 0.116. The van der Waals surface area contributed by atoms with Crippen molar-refractivity contribution in [3.05, 3.63) is 64.6 Å². The van der Waals surface area contributed by atoms with Crippen LogP contribution in [0.25, 0.3) is 6.08 Å². The van der Waals surface area contributed by atoms with E-state index in [9.17, 15) is 27.9 Å². The molecule has 254 valence electrons. The van der Waals surface area contributed by atoms with E-state index in [1.165, 1.54) is 38.0 Å². The third kappa shape index (κ3) is 5.72. The summed E-state index contributed by atoms with van der Waals surface area (Å²) in [5, 5.41) is 14.7. The number of nitrogens with one attached hydrogen (secondary N) is 1. The van der Waals surface area contributed by atoms with Gasteiger partial charge >= 0.3 is 12.3 Å². The van der Waals surface area contributed by atoms with Crippen LogP contribution in [0.2, 0.25) is 0 Å². The number of quaternary nitrogens is 1. The minimum Gasteiger partial charge on any atom is -0.427 e. The van der Waals surface area contributed by atoms with E-state index in [4.69, 9.17) is 9.47 Å². The normalized spacial score (nSPS) is 36.1. The first-order valence-electron chi connectivity index (χ1n) is 17.0. The third-order valence-corrected chi connectivity index (χ3v) is 11.4. The highest BCUT2D eigenvalue weighted by Gasteiger charge is 2.72. The first-order valence-corrected chi connectivity index (χ1v) is 17.0. The molecule has 4 fully saturated rings. The Bertz CT molecular complexity index is 1530. The van der Waals surface area contributed by atoms with Gasteiger partial charge in [-0.1, -0.05) is 50.6 Å². The highest BCUT2D eigenvalue weighted by Crippen LogP contribution is 2.68. The molecule has 2 saturated carbocycles. The number of likely N-dealkylation sites (tertiary alicyclic amines) is 1. The van der Waals surface area contributed by atoms with Gasteiger partial charge in [0.2, 0.25) is 0 Å². The molecule has 0 radical (unpaired) electrons. The summed E-state index contributed by atoms with van der Waals surface area (Å²) in [5.74, 6) is -1.28. The lowest BCUT2D eigenvalue weighted by Gasteiger charge is -2.63. The van der Waals surface area contributed by atoms with Gasteiger partial charge < -0.3 is 29.1 Å². The number of piperidine rings is 1. The van der Waals surface area contributed by atoms with Gasteiger partial charge in [-0.05, 0) is 42.9 Å². The fourth-order valence-electron chi connectivity index (χ4n) is 9.93.